The zero-order valence-electron chi connectivity index (χ0n) is 10.4. The second kappa shape index (κ2) is 6.19. The third-order valence-electron chi connectivity index (χ3n) is 2.60. The molecule has 0 amide bonds. The monoisotopic (exact) mass is 345 g/mol. The van der Waals surface area contributed by atoms with Crippen LogP contribution in [0.2, 0.25) is 15.1 Å². The van der Waals surface area contributed by atoms with Crippen molar-refractivity contribution in [2.45, 2.75) is 6.92 Å². The highest BCUT2D eigenvalue weighted by Gasteiger charge is 2.12. The highest BCUT2D eigenvalue weighted by molar-refractivity contribution is 7.80. The maximum atomic E-state index is 6.08. The Morgan fingerprint density at radius 3 is 2.30 bits per heavy atom. The third kappa shape index (κ3) is 3.36. The summed E-state index contributed by atoms with van der Waals surface area (Å²) in [5.74, 6) is 0.908. The predicted octanol–water partition coefficient (Wildman–Crippen LogP) is 5.38. The molecule has 104 valence electrons. The lowest BCUT2D eigenvalue weighted by Crippen LogP contribution is -2.11. The van der Waals surface area contributed by atoms with E-state index in [0.717, 1.165) is 5.56 Å². The summed E-state index contributed by atoms with van der Waals surface area (Å²) in [4.78, 5) is 0.250. The van der Waals surface area contributed by atoms with Gasteiger partial charge in [-0.05, 0) is 25.1 Å². The van der Waals surface area contributed by atoms with Gasteiger partial charge in [-0.3, -0.25) is 0 Å². The molecule has 2 aromatic rings. The molecule has 0 heterocycles. The van der Waals surface area contributed by atoms with Crippen LogP contribution in [0.4, 0.5) is 0 Å². The fraction of sp³-hybridized carbons (Fsp3) is 0.0714. The van der Waals surface area contributed by atoms with E-state index in [9.17, 15) is 0 Å². The van der Waals surface area contributed by atoms with Gasteiger partial charge in [0.05, 0.1) is 20.6 Å². The van der Waals surface area contributed by atoms with Crippen molar-refractivity contribution in [2.24, 2.45) is 5.73 Å². The minimum atomic E-state index is 0.250. The lowest BCUT2D eigenvalue weighted by molar-refractivity contribution is 0.482. The highest BCUT2D eigenvalue weighted by atomic mass is 35.5. The Bertz CT molecular complexity index is 688. The first-order valence-electron chi connectivity index (χ1n) is 5.61. The fourth-order valence-corrected chi connectivity index (χ4v) is 2.36. The van der Waals surface area contributed by atoms with Gasteiger partial charge in [-0.15, -0.1) is 0 Å². The molecule has 20 heavy (non-hydrogen) atoms. The topological polar surface area (TPSA) is 35.2 Å². The third-order valence-corrected chi connectivity index (χ3v) is 3.83. The van der Waals surface area contributed by atoms with Crippen molar-refractivity contribution in [3.8, 4) is 11.5 Å². The van der Waals surface area contributed by atoms with Crippen molar-refractivity contribution in [2.75, 3.05) is 0 Å². The van der Waals surface area contributed by atoms with E-state index in [-0.39, 0.29) is 4.99 Å². The Kier molecular flexibility index (Phi) is 4.76. The van der Waals surface area contributed by atoms with Crippen LogP contribution in [0.3, 0.4) is 0 Å². The second-order valence-electron chi connectivity index (χ2n) is 4.16. The van der Waals surface area contributed by atoms with Crippen LogP contribution in [0.5, 0.6) is 11.5 Å². The largest absolute Gasteiger partial charge is 0.455 e. The first-order valence-corrected chi connectivity index (χ1v) is 7.15. The van der Waals surface area contributed by atoms with Crippen molar-refractivity contribution in [3.63, 3.8) is 0 Å². The molecule has 0 bridgehead atoms. The molecule has 2 nitrogen and oxygen atoms in total. The Morgan fingerprint density at radius 1 is 1.00 bits per heavy atom. The molecule has 0 aliphatic heterocycles. The van der Waals surface area contributed by atoms with Gasteiger partial charge in [-0.25, -0.2) is 0 Å². The van der Waals surface area contributed by atoms with Crippen LogP contribution in [-0.2, 0) is 0 Å². The summed E-state index contributed by atoms with van der Waals surface area (Å²) in [5, 5.41) is 1.08. The molecule has 0 fully saturated rings. The first-order chi connectivity index (χ1) is 9.38. The Hall–Kier alpha value is -1.000. The summed E-state index contributed by atoms with van der Waals surface area (Å²) < 4.78 is 5.75. The highest BCUT2D eigenvalue weighted by Crippen LogP contribution is 2.37. The molecule has 0 saturated heterocycles. The van der Waals surface area contributed by atoms with Crippen molar-refractivity contribution in [3.05, 3.63) is 56.5 Å². The molecule has 0 spiro atoms. The maximum absolute atomic E-state index is 6.08. The summed E-state index contributed by atoms with van der Waals surface area (Å²) in [7, 11) is 0. The number of aryl methyl sites for hydroxylation is 1. The summed E-state index contributed by atoms with van der Waals surface area (Å²) in [5.41, 5.74) is 7.37. The lowest BCUT2D eigenvalue weighted by Gasteiger charge is -2.13. The van der Waals surface area contributed by atoms with Gasteiger partial charge in [0, 0.05) is 6.07 Å². The lowest BCUT2D eigenvalue weighted by atomic mass is 10.1. The molecular weight excluding hydrogens is 337 g/mol. The minimum Gasteiger partial charge on any atom is -0.455 e. The molecule has 2 aromatic carbocycles. The smallest absolute Gasteiger partial charge is 0.147 e. The molecule has 2 N–H and O–H groups in total. The van der Waals surface area contributed by atoms with Crippen LogP contribution in [0.15, 0.2) is 30.3 Å². The van der Waals surface area contributed by atoms with Crippen LogP contribution in [0.1, 0.15) is 11.1 Å². The molecular formula is C14H10Cl3NOS. The van der Waals surface area contributed by atoms with Crippen LogP contribution in [0.25, 0.3) is 0 Å². The number of rotatable bonds is 3. The standard InChI is InChI=1S/C14H10Cl3NOS/c1-7-2-3-12(8(4-7)14(18)20)19-13-6-10(16)9(15)5-11(13)17/h2-6H,1H3,(H2,18,20). The van der Waals surface area contributed by atoms with Gasteiger partial charge in [0.15, 0.2) is 0 Å². The number of ether oxygens (including phenoxy) is 1. The summed E-state index contributed by atoms with van der Waals surface area (Å²) in [6.45, 7) is 1.94. The molecule has 0 aliphatic rings. The fourth-order valence-electron chi connectivity index (χ4n) is 1.63. The number of halogens is 3. The van der Waals surface area contributed by atoms with Gasteiger partial charge >= 0.3 is 0 Å². The van der Waals surface area contributed by atoms with Crippen molar-refractivity contribution < 1.29 is 4.74 Å². The number of benzene rings is 2. The molecule has 2 rings (SSSR count). The molecule has 6 heteroatoms. The van der Waals surface area contributed by atoms with Crippen LogP contribution in [-0.4, -0.2) is 4.99 Å². The molecule has 0 aliphatic carbocycles. The van der Waals surface area contributed by atoms with Crippen molar-refractivity contribution in [1.82, 2.24) is 0 Å². The average Bonchev–Trinajstić information content (AvgIpc) is 2.37. The number of thiocarbonyl (C=S) groups is 1. The van der Waals surface area contributed by atoms with Gasteiger partial charge in [-0.2, -0.15) is 0 Å². The predicted molar refractivity (Wildman–Crippen MR) is 88.6 cm³/mol. The zero-order chi connectivity index (χ0) is 14.9. The van der Waals surface area contributed by atoms with Crippen LogP contribution < -0.4 is 10.5 Å². The Balaban J connectivity index is 2.45. The van der Waals surface area contributed by atoms with E-state index in [1.54, 1.807) is 12.1 Å². The van der Waals surface area contributed by atoms with E-state index in [0.29, 0.717) is 32.1 Å². The Labute approximate surface area is 137 Å². The molecule has 0 unspecified atom stereocenters. The quantitative estimate of drug-likeness (QED) is 0.598. The SMILES string of the molecule is Cc1ccc(Oc2cc(Cl)c(Cl)cc2Cl)c(C(N)=S)c1. The number of hydrogen-bond donors (Lipinski definition) is 1. The molecule has 0 saturated carbocycles. The summed E-state index contributed by atoms with van der Waals surface area (Å²) in [6.07, 6.45) is 0. The molecule has 0 atom stereocenters. The summed E-state index contributed by atoms with van der Waals surface area (Å²) in [6, 6.07) is 8.60. The van der Waals surface area contributed by atoms with Crippen molar-refractivity contribution in [1.29, 1.82) is 0 Å². The molecule has 0 radical (unpaired) electrons. The van der Waals surface area contributed by atoms with E-state index in [4.69, 9.17) is 57.5 Å². The zero-order valence-corrected chi connectivity index (χ0v) is 13.5. The van der Waals surface area contributed by atoms with Crippen LogP contribution >= 0.6 is 47.0 Å². The number of hydrogen-bond acceptors (Lipinski definition) is 2. The van der Waals surface area contributed by atoms with Gasteiger partial charge < -0.3 is 10.5 Å². The first kappa shape index (κ1) is 15.4. The van der Waals surface area contributed by atoms with Gasteiger partial charge in [0.1, 0.15) is 16.5 Å². The van der Waals surface area contributed by atoms with E-state index < -0.39 is 0 Å². The normalized spacial score (nSPS) is 10.4. The van der Waals surface area contributed by atoms with Crippen LogP contribution in [0, 0.1) is 6.92 Å². The Morgan fingerprint density at radius 2 is 1.65 bits per heavy atom. The average molecular weight is 347 g/mol. The van der Waals surface area contributed by atoms with E-state index in [2.05, 4.69) is 0 Å². The van der Waals surface area contributed by atoms with E-state index >= 15 is 0 Å². The van der Waals surface area contributed by atoms with Gasteiger partial charge in [0.25, 0.3) is 0 Å². The van der Waals surface area contributed by atoms with Gasteiger partial charge in [-0.1, -0.05) is 58.7 Å². The number of nitrogens with two attached hydrogens (primary N) is 1. The van der Waals surface area contributed by atoms with Crippen molar-refractivity contribution >= 4 is 52.0 Å². The van der Waals surface area contributed by atoms with E-state index in [1.807, 2.05) is 19.1 Å². The maximum Gasteiger partial charge on any atom is 0.147 e. The minimum absolute atomic E-state index is 0.250. The summed E-state index contributed by atoms with van der Waals surface area (Å²) >= 11 is 22.9. The van der Waals surface area contributed by atoms with Gasteiger partial charge in [0.2, 0.25) is 0 Å². The molecule has 0 aromatic heterocycles. The second-order valence-corrected chi connectivity index (χ2v) is 5.82. The van der Waals surface area contributed by atoms with E-state index in [1.165, 1.54) is 6.07 Å².